The van der Waals surface area contributed by atoms with Crippen LogP contribution in [0.3, 0.4) is 0 Å². The van der Waals surface area contributed by atoms with Gasteiger partial charge in [0.2, 0.25) is 5.91 Å². The van der Waals surface area contributed by atoms with Gasteiger partial charge in [0.15, 0.2) is 5.82 Å². The van der Waals surface area contributed by atoms with Crippen LogP contribution < -0.4 is 11.0 Å². The van der Waals surface area contributed by atoms with Crippen LogP contribution in [0.1, 0.15) is 16.7 Å². The van der Waals surface area contributed by atoms with Crippen LogP contribution in [-0.4, -0.2) is 20.3 Å². The van der Waals surface area contributed by atoms with Crippen LogP contribution >= 0.6 is 11.6 Å². The number of amides is 1. The van der Waals surface area contributed by atoms with Crippen molar-refractivity contribution in [2.24, 2.45) is 0 Å². The van der Waals surface area contributed by atoms with Crippen molar-refractivity contribution in [3.8, 4) is 11.4 Å². The van der Waals surface area contributed by atoms with E-state index in [1.54, 1.807) is 30.3 Å². The number of nitrogens with zero attached hydrogens (tertiary/aromatic N) is 3. The van der Waals surface area contributed by atoms with E-state index >= 15 is 0 Å². The summed E-state index contributed by atoms with van der Waals surface area (Å²) < 4.78 is 70.0. The fourth-order valence-electron chi connectivity index (χ4n) is 3.68. The first kappa shape index (κ1) is 26.1. The second-order valence-electron chi connectivity index (χ2n) is 7.99. The van der Waals surface area contributed by atoms with E-state index in [1.165, 1.54) is 18.2 Å². The van der Waals surface area contributed by atoms with E-state index in [0.717, 1.165) is 21.4 Å². The molecule has 0 fully saturated rings. The Bertz CT molecular complexity index is 1500. The number of nitrogens with one attached hydrogen (secondary N) is 1. The van der Waals surface area contributed by atoms with Crippen LogP contribution in [0.15, 0.2) is 71.5 Å². The predicted molar refractivity (Wildman–Crippen MR) is 126 cm³/mol. The summed E-state index contributed by atoms with van der Waals surface area (Å²) in [5, 5.41) is 6.82. The van der Waals surface area contributed by atoms with Gasteiger partial charge in [0.05, 0.1) is 12.1 Å². The second-order valence-corrected chi connectivity index (χ2v) is 8.43. The Labute approximate surface area is 211 Å². The number of carbonyl (C=O) groups is 1. The number of halogens is 6. The first-order valence-electron chi connectivity index (χ1n) is 10.8. The number of alkyl halides is 3. The van der Waals surface area contributed by atoms with E-state index in [1.807, 2.05) is 0 Å². The van der Waals surface area contributed by atoms with E-state index in [0.29, 0.717) is 16.7 Å². The van der Waals surface area contributed by atoms with E-state index < -0.39 is 53.6 Å². The van der Waals surface area contributed by atoms with Crippen LogP contribution in [0, 0.1) is 11.6 Å². The highest BCUT2D eigenvalue weighted by molar-refractivity contribution is 6.30. The maximum absolute atomic E-state index is 14.3. The van der Waals surface area contributed by atoms with Crippen LogP contribution in [0.5, 0.6) is 0 Å². The van der Waals surface area contributed by atoms with Gasteiger partial charge in [-0.2, -0.15) is 13.2 Å². The van der Waals surface area contributed by atoms with Crippen LogP contribution in [0.4, 0.5) is 22.0 Å². The van der Waals surface area contributed by atoms with Gasteiger partial charge in [-0.3, -0.25) is 9.36 Å². The predicted octanol–water partition coefficient (Wildman–Crippen LogP) is 5.03. The summed E-state index contributed by atoms with van der Waals surface area (Å²) in [6.45, 7) is -1.62. The molecule has 0 aliphatic carbocycles. The lowest BCUT2D eigenvalue weighted by Gasteiger charge is -2.14. The van der Waals surface area contributed by atoms with Crippen LogP contribution in [0.25, 0.3) is 11.4 Å². The van der Waals surface area contributed by atoms with Gasteiger partial charge in [-0.15, -0.1) is 5.10 Å². The molecule has 0 aliphatic rings. The number of hydrogen-bond acceptors (Lipinski definition) is 3. The molecular formula is C25H18ClF5N4O2. The monoisotopic (exact) mass is 536 g/mol. The Kier molecular flexibility index (Phi) is 7.44. The molecule has 4 rings (SSSR count). The molecule has 0 aliphatic heterocycles. The zero-order valence-corrected chi connectivity index (χ0v) is 19.7. The molecule has 12 heteroatoms. The van der Waals surface area contributed by atoms with Crippen molar-refractivity contribution in [2.75, 3.05) is 0 Å². The van der Waals surface area contributed by atoms with Gasteiger partial charge >= 0.3 is 11.9 Å². The Balaban J connectivity index is 1.62. The van der Waals surface area contributed by atoms with Gasteiger partial charge in [-0.25, -0.2) is 18.3 Å². The van der Waals surface area contributed by atoms with Gasteiger partial charge < -0.3 is 5.32 Å². The van der Waals surface area contributed by atoms with Crippen molar-refractivity contribution in [3.05, 3.63) is 111 Å². The number of hydrogen-bond donors (Lipinski definition) is 1. The highest BCUT2D eigenvalue weighted by Crippen LogP contribution is 2.33. The molecule has 0 saturated heterocycles. The van der Waals surface area contributed by atoms with E-state index in [-0.39, 0.29) is 17.9 Å². The molecule has 1 amide bonds. The number of carbonyl (C=O) groups excluding carboxylic acids is 1. The van der Waals surface area contributed by atoms with E-state index in [4.69, 9.17) is 11.6 Å². The smallest absolute Gasteiger partial charge is 0.350 e. The third-order valence-electron chi connectivity index (χ3n) is 5.49. The second kappa shape index (κ2) is 10.6. The topological polar surface area (TPSA) is 68.9 Å². The molecule has 0 radical (unpaired) electrons. The molecule has 0 saturated carbocycles. The minimum absolute atomic E-state index is 0.117. The highest BCUT2D eigenvalue weighted by atomic mass is 35.5. The van der Waals surface area contributed by atoms with Crippen molar-refractivity contribution >= 4 is 17.5 Å². The Morgan fingerprint density at radius 3 is 2.30 bits per heavy atom. The lowest BCUT2D eigenvalue weighted by Crippen LogP contribution is -2.34. The molecule has 1 N–H and O–H groups in total. The van der Waals surface area contributed by atoms with Gasteiger partial charge in [0, 0.05) is 28.3 Å². The molecular weight excluding hydrogens is 519 g/mol. The molecule has 0 unspecified atom stereocenters. The molecule has 0 bridgehead atoms. The molecule has 6 nitrogen and oxygen atoms in total. The lowest BCUT2D eigenvalue weighted by molar-refractivity contribution is -0.138. The Morgan fingerprint density at radius 2 is 1.62 bits per heavy atom. The lowest BCUT2D eigenvalue weighted by atomic mass is 10.1. The average molecular weight is 537 g/mol. The molecule has 4 aromatic rings. The minimum atomic E-state index is -4.82. The average Bonchev–Trinajstić information content (AvgIpc) is 3.14. The van der Waals surface area contributed by atoms with Crippen molar-refractivity contribution in [1.29, 1.82) is 0 Å². The molecule has 0 spiro atoms. The van der Waals surface area contributed by atoms with Crippen molar-refractivity contribution < 1.29 is 26.7 Å². The van der Waals surface area contributed by atoms with Crippen molar-refractivity contribution in [1.82, 2.24) is 19.7 Å². The van der Waals surface area contributed by atoms with Gasteiger partial charge in [-0.05, 0) is 42.5 Å². The maximum atomic E-state index is 14.3. The normalized spacial score (nSPS) is 11.5. The molecule has 1 aromatic heterocycles. The summed E-state index contributed by atoms with van der Waals surface area (Å²) >= 11 is 5.94. The zero-order valence-electron chi connectivity index (χ0n) is 18.9. The highest BCUT2D eigenvalue weighted by Gasteiger charge is 2.34. The largest absolute Gasteiger partial charge is 0.416 e. The van der Waals surface area contributed by atoms with E-state index in [9.17, 15) is 31.5 Å². The number of rotatable bonds is 7. The molecule has 3 aromatic carbocycles. The standard InChI is InChI=1S/C25H18ClF5N4O2/c26-17-10-8-15(9-11-17)23-33-35(24(37)34(23)13-16-4-1-2-6-20(16)27)14-22(36)32-12-18-19(25(29,30)31)5-3-7-21(18)28/h1-11H,12-14H2,(H,32,36). The number of aromatic nitrogens is 3. The summed E-state index contributed by atoms with van der Waals surface area (Å²) in [6.07, 6.45) is -4.82. The molecule has 37 heavy (non-hydrogen) atoms. The molecule has 192 valence electrons. The summed E-state index contributed by atoms with van der Waals surface area (Å²) in [6, 6.07) is 14.6. The van der Waals surface area contributed by atoms with Crippen LogP contribution in [-0.2, 0) is 30.6 Å². The van der Waals surface area contributed by atoms with Gasteiger partial charge in [0.25, 0.3) is 0 Å². The van der Waals surface area contributed by atoms with Crippen molar-refractivity contribution in [3.63, 3.8) is 0 Å². The number of benzene rings is 3. The summed E-state index contributed by atoms with van der Waals surface area (Å²) in [5.74, 6) is -2.44. The first-order chi connectivity index (χ1) is 17.5. The summed E-state index contributed by atoms with van der Waals surface area (Å²) in [4.78, 5) is 25.6. The fraction of sp³-hybridized carbons (Fsp3) is 0.160. The van der Waals surface area contributed by atoms with Crippen LogP contribution in [0.2, 0.25) is 5.02 Å². The molecule has 1 heterocycles. The Hall–Kier alpha value is -3.99. The van der Waals surface area contributed by atoms with Gasteiger partial charge in [-0.1, -0.05) is 35.9 Å². The van der Waals surface area contributed by atoms with Gasteiger partial charge in [0.1, 0.15) is 18.2 Å². The third kappa shape index (κ3) is 5.88. The summed E-state index contributed by atoms with van der Waals surface area (Å²) in [7, 11) is 0. The first-order valence-corrected chi connectivity index (χ1v) is 11.2. The van der Waals surface area contributed by atoms with Crippen molar-refractivity contribution in [2.45, 2.75) is 25.8 Å². The maximum Gasteiger partial charge on any atom is 0.416 e. The zero-order chi connectivity index (χ0) is 26.7. The fourth-order valence-corrected chi connectivity index (χ4v) is 3.80. The summed E-state index contributed by atoms with van der Waals surface area (Å²) in [5.41, 5.74) is -2.06. The quantitative estimate of drug-likeness (QED) is 0.337. The minimum Gasteiger partial charge on any atom is -0.350 e. The third-order valence-corrected chi connectivity index (χ3v) is 5.74. The Morgan fingerprint density at radius 1 is 0.946 bits per heavy atom. The van der Waals surface area contributed by atoms with E-state index in [2.05, 4.69) is 10.4 Å². The molecule has 0 atom stereocenters. The SMILES string of the molecule is O=C(Cn1nc(-c2ccc(Cl)cc2)n(Cc2ccccc2F)c1=O)NCc1c(F)cccc1C(F)(F)F.